The summed E-state index contributed by atoms with van der Waals surface area (Å²) < 4.78 is 15.8. The molecule has 1 aliphatic rings. The van der Waals surface area contributed by atoms with Crippen molar-refractivity contribution in [1.82, 2.24) is 10.2 Å². The summed E-state index contributed by atoms with van der Waals surface area (Å²) in [7, 11) is 4.47. The monoisotopic (exact) mass is 394 g/mol. The minimum atomic E-state index is -0.509. The fraction of sp³-hybridized carbons (Fsp3) is 0.389. The minimum absolute atomic E-state index is 0.220. The van der Waals surface area contributed by atoms with Crippen molar-refractivity contribution in [2.75, 3.05) is 34.4 Å². The van der Waals surface area contributed by atoms with E-state index in [9.17, 15) is 14.4 Å². The summed E-state index contributed by atoms with van der Waals surface area (Å²) in [5.41, 5.74) is 0.602. The van der Waals surface area contributed by atoms with E-state index in [-0.39, 0.29) is 17.4 Å². The highest BCUT2D eigenvalue weighted by Gasteiger charge is 2.36. The number of carbonyl (C=O) groups excluding carboxylic acids is 3. The van der Waals surface area contributed by atoms with Crippen LogP contribution in [0.1, 0.15) is 18.9 Å². The number of benzene rings is 1. The lowest BCUT2D eigenvalue weighted by molar-refractivity contribution is -0.129. The molecule has 0 unspecified atom stereocenters. The van der Waals surface area contributed by atoms with Gasteiger partial charge >= 0.3 is 0 Å². The highest BCUT2D eigenvalue weighted by atomic mass is 32.2. The Labute approximate surface area is 161 Å². The molecule has 3 amide bonds. The highest BCUT2D eigenvalue weighted by molar-refractivity contribution is 8.18. The molecule has 1 aromatic carbocycles. The van der Waals surface area contributed by atoms with Gasteiger partial charge in [-0.2, -0.15) is 0 Å². The Bertz CT molecular complexity index is 752. The van der Waals surface area contributed by atoms with Gasteiger partial charge in [0.05, 0.1) is 26.2 Å². The Morgan fingerprint density at radius 3 is 2.30 bits per heavy atom. The predicted octanol–water partition coefficient (Wildman–Crippen LogP) is 2.27. The SMILES string of the molecule is CCCNC(=O)CN1C(=O)S/C(=C\c2cc(OC)c(OC)c(OC)c2)C1=O. The summed E-state index contributed by atoms with van der Waals surface area (Å²) in [6.45, 7) is 2.12. The van der Waals surface area contributed by atoms with Gasteiger partial charge in [-0.3, -0.25) is 19.3 Å². The predicted molar refractivity (Wildman–Crippen MR) is 102 cm³/mol. The fourth-order valence-corrected chi connectivity index (χ4v) is 3.27. The van der Waals surface area contributed by atoms with E-state index in [0.717, 1.165) is 23.1 Å². The number of rotatable bonds is 8. The highest BCUT2D eigenvalue weighted by Crippen LogP contribution is 2.40. The molecule has 0 spiro atoms. The quantitative estimate of drug-likeness (QED) is 0.676. The number of ether oxygens (including phenoxy) is 3. The van der Waals surface area contributed by atoms with Crippen molar-refractivity contribution in [3.05, 3.63) is 22.6 Å². The number of amides is 3. The number of methoxy groups -OCH3 is 3. The van der Waals surface area contributed by atoms with Crippen LogP contribution in [0.4, 0.5) is 4.79 Å². The Morgan fingerprint density at radius 2 is 1.78 bits per heavy atom. The second-order valence-corrected chi connectivity index (χ2v) is 6.57. The van der Waals surface area contributed by atoms with E-state index in [2.05, 4.69) is 5.32 Å². The summed E-state index contributed by atoms with van der Waals surface area (Å²) in [6, 6.07) is 3.34. The summed E-state index contributed by atoms with van der Waals surface area (Å²) in [4.78, 5) is 37.6. The second kappa shape index (κ2) is 9.31. The number of hydrogen-bond acceptors (Lipinski definition) is 7. The van der Waals surface area contributed by atoms with Crippen LogP contribution in [0.2, 0.25) is 0 Å². The van der Waals surface area contributed by atoms with Crippen LogP contribution in [0.25, 0.3) is 6.08 Å². The van der Waals surface area contributed by atoms with Crippen LogP contribution in [0.3, 0.4) is 0 Å². The lowest BCUT2D eigenvalue weighted by Gasteiger charge is -2.13. The van der Waals surface area contributed by atoms with Crippen LogP contribution in [-0.4, -0.2) is 56.4 Å². The number of nitrogens with one attached hydrogen (secondary N) is 1. The van der Waals surface area contributed by atoms with Gasteiger partial charge in [-0.25, -0.2) is 0 Å². The molecule has 1 saturated heterocycles. The van der Waals surface area contributed by atoms with Crippen molar-refractivity contribution in [1.29, 1.82) is 0 Å². The van der Waals surface area contributed by atoms with Crippen molar-refractivity contribution in [2.45, 2.75) is 13.3 Å². The molecular weight excluding hydrogens is 372 g/mol. The average Bonchev–Trinajstić information content (AvgIpc) is 2.92. The maximum Gasteiger partial charge on any atom is 0.294 e. The third-order valence-corrected chi connectivity index (χ3v) is 4.64. The maximum absolute atomic E-state index is 12.5. The molecule has 0 aliphatic carbocycles. The number of nitrogens with zero attached hydrogens (tertiary/aromatic N) is 1. The summed E-state index contributed by atoms with van der Waals surface area (Å²) in [5, 5.41) is 2.17. The molecule has 146 valence electrons. The Kier molecular flexibility index (Phi) is 7.12. The largest absolute Gasteiger partial charge is 0.493 e. The van der Waals surface area contributed by atoms with E-state index >= 15 is 0 Å². The van der Waals surface area contributed by atoms with Crippen LogP contribution in [0.5, 0.6) is 17.2 Å². The lowest BCUT2D eigenvalue weighted by atomic mass is 10.1. The third-order valence-electron chi connectivity index (χ3n) is 3.73. The summed E-state index contributed by atoms with van der Waals surface area (Å²) in [5.74, 6) is 0.416. The van der Waals surface area contributed by atoms with Crippen molar-refractivity contribution >= 4 is 34.9 Å². The molecule has 1 fully saturated rings. The van der Waals surface area contributed by atoms with E-state index in [0.29, 0.717) is 29.4 Å². The van der Waals surface area contributed by atoms with Gasteiger partial charge in [0.15, 0.2) is 11.5 Å². The van der Waals surface area contributed by atoms with Crippen molar-refractivity contribution in [3.8, 4) is 17.2 Å². The van der Waals surface area contributed by atoms with Crippen molar-refractivity contribution < 1.29 is 28.6 Å². The van der Waals surface area contributed by atoms with Gasteiger partial charge in [0.2, 0.25) is 11.7 Å². The Balaban J connectivity index is 2.26. The van der Waals surface area contributed by atoms with Gasteiger partial charge in [0.25, 0.3) is 11.1 Å². The fourth-order valence-electron chi connectivity index (χ4n) is 2.44. The van der Waals surface area contributed by atoms with E-state index in [1.165, 1.54) is 21.3 Å². The minimum Gasteiger partial charge on any atom is -0.493 e. The molecule has 0 radical (unpaired) electrons. The first-order valence-electron chi connectivity index (χ1n) is 8.27. The van der Waals surface area contributed by atoms with Crippen LogP contribution in [-0.2, 0) is 9.59 Å². The number of carbonyl (C=O) groups is 3. The van der Waals surface area contributed by atoms with Gasteiger partial charge in [-0.1, -0.05) is 6.92 Å². The van der Waals surface area contributed by atoms with Gasteiger partial charge in [-0.05, 0) is 42.0 Å². The zero-order valence-corrected chi connectivity index (χ0v) is 16.5. The van der Waals surface area contributed by atoms with Crippen molar-refractivity contribution in [2.24, 2.45) is 0 Å². The summed E-state index contributed by atoms with van der Waals surface area (Å²) in [6.07, 6.45) is 2.33. The van der Waals surface area contributed by atoms with Gasteiger partial charge in [-0.15, -0.1) is 0 Å². The van der Waals surface area contributed by atoms with Crippen LogP contribution in [0.15, 0.2) is 17.0 Å². The molecule has 9 heteroatoms. The number of thioether (sulfide) groups is 1. The molecule has 0 saturated carbocycles. The van der Waals surface area contributed by atoms with Gasteiger partial charge in [0.1, 0.15) is 6.54 Å². The normalized spacial score (nSPS) is 15.3. The number of imide groups is 1. The first-order chi connectivity index (χ1) is 12.9. The standard InChI is InChI=1S/C18H22N2O6S/c1-5-6-19-15(21)10-20-17(22)14(27-18(20)23)9-11-7-12(24-2)16(26-4)13(8-11)25-3/h7-9H,5-6,10H2,1-4H3,(H,19,21)/b14-9-. The van der Waals surface area contributed by atoms with Gasteiger partial charge in [0, 0.05) is 6.54 Å². The van der Waals surface area contributed by atoms with E-state index in [1.807, 2.05) is 6.92 Å². The first-order valence-corrected chi connectivity index (χ1v) is 9.08. The van der Waals surface area contributed by atoms with Crippen LogP contribution in [0, 0.1) is 0 Å². The maximum atomic E-state index is 12.5. The topological polar surface area (TPSA) is 94.2 Å². The average molecular weight is 394 g/mol. The van der Waals surface area contributed by atoms with Gasteiger partial charge < -0.3 is 19.5 Å². The van der Waals surface area contributed by atoms with E-state index in [4.69, 9.17) is 14.2 Å². The van der Waals surface area contributed by atoms with E-state index < -0.39 is 11.1 Å². The zero-order chi connectivity index (χ0) is 20.0. The summed E-state index contributed by atoms with van der Waals surface area (Å²) >= 11 is 0.785. The first kappa shape index (κ1) is 20.6. The molecule has 0 bridgehead atoms. The van der Waals surface area contributed by atoms with Crippen molar-refractivity contribution in [3.63, 3.8) is 0 Å². The molecule has 1 N–H and O–H groups in total. The molecule has 0 atom stereocenters. The smallest absolute Gasteiger partial charge is 0.294 e. The van der Waals surface area contributed by atoms with Crippen LogP contribution >= 0.6 is 11.8 Å². The number of hydrogen-bond donors (Lipinski definition) is 1. The zero-order valence-electron chi connectivity index (χ0n) is 15.7. The van der Waals surface area contributed by atoms with E-state index in [1.54, 1.807) is 18.2 Å². The lowest BCUT2D eigenvalue weighted by Crippen LogP contribution is -2.39. The Morgan fingerprint density at radius 1 is 1.15 bits per heavy atom. The molecule has 8 nitrogen and oxygen atoms in total. The molecule has 1 heterocycles. The molecule has 1 aromatic rings. The Hall–Kier alpha value is -2.68. The second-order valence-electron chi connectivity index (χ2n) is 5.58. The molecular formula is C18H22N2O6S. The van der Waals surface area contributed by atoms with Crippen LogP contribution < -0.4 is 19.5 Å². The molecule has 0 aromatic heterocycles. The molecule has 27 heavy (non-hydrogen) atoms. The third kappa shape index (κ3) is 4.73. The molecule has 1 aliphatic heterocycles. The molecule has 2 rings (SSSR count).